The second kappa shape index (κ2) is 8.23. The van der Waals surface area contributed by atoms with Crippen molar-refractivity contribution in [1.82, 2.24) is 20.4 Å². The van der Waals surface area contributed by atoms with Crippen molar-refractivity contribution in [3.05, 3.63) is 71.5 Å². The number of hydrogen-bond acceptors (Lipinski definition) is 5. The van der Waals surface area contributed by atoms with E-state index in [1.165, 1.54) is 12.1 Å². The molecule has 1 aliphatic rings. The number of hydrogen-bond donors (Lipinski definition) is 1. The lowest BCUT2D eigenvalue weighted by molar-refractivity contribution is 0.398. The summed E-state index contributed by atoms with van der Waals surface area (Å²) in [5.41, 5.74) is 3.19. The van der Waals surface area contributed by atoms with Crippen LogP contribution >= 0.6 is 12.2 Å². The minimum Gasteiger partial charge on any atom is -0.497 e. The van der Waals surface area contributed by atoms with E-state index in [9.17, 15) is 4.39 Å². The van der Waals surface area contributed by atoms with E-state index in [1.54, 1.807) is 13.2 Å². The van der Waals surface area contributed by atoms with E-state index in [2.05, 4.69) is 15.5 Å². The summed E-state index contributed by atoms with van der Waals surface area (Å²) >= 11 is 5.53. The Morgan fingerprint density at radius 2 is 2.00 bits per heavy atom. The van der Waals surface area contributed by atoms with Crippen LogP contribution in [0.5, 0.6) is 5.75 Å². The van der Waals surface area contributed by atoms with Crippen molar-refractivity contribution in [2.45, 2.75) is 19.9 Å². The number of benzene rings is 2. The molecule has 0 saturated heterocycles. The first-order valence-electron chi connectivity index (χ1n) is 9.54. The number of nitrogens with one attached hydrogen (secondary N) is 1. The van der Waals surface area contributed by atoms with E-state index in [-0.39, 0.29) is 5.82 Å². The van der Waals surface area contributed by atoms with Crippen LogP contribution in [0.3, 0.4) is 0 Å². The maximum atomic E-state index is 13.9. The third-order valence-corrected chi connectivity index (χ3v) is 5.44. The Labute approximate surface area is 179 Å². The Bertz CT molecular complexity index is 1110. The molecule has 1 atom stereocenters. The van der Waals surface area contributed by atoms with Gasteiger partial charge in [-0.2, -0.15) is 4.98 Å². The Morgan fingerprint density at radius 1 is 1.23 bits per heavy atom. The van der Waals surface area contributed by atoms with Gasteiger partial charge in [-0.25, -0.2) is 4.39 Å². The second-order valence-corrected chi connectivity index (χ2v) is 7.22. The van der Waals surface area contributed by atoms with E-state index in [1.807, 2.05) is 49.1 Å². The fourth-order valence-electron chi connectivity index (χ4n) is 3.57. The lowest BCUT2D eigenvalue weighted by atomic mass is 9.94. The molecule has 154 valence electrons. The lowest BCUT2D eigenvalue weighted by Crippen LogP contribution is -2.45. The Balaban J connectivity index is 1.79. The number of ether oxygens (including phenoxy) is 1. The predicted octanol–water partition coefficient (Wildman–Crippen LogP) is 4.57. The molecule has 1 N–H and O–H groups in total. The van der Waals surface area contributed by atoms with E-state index in [4.69, 9.17) is 21.5 Å². The number of methoxy groups -OCH3 is 1. The molecular weight excluding hydrogens is 403 g/mol. The summed E-state index contributed by atoms with van der Waals surface area (Å²) in [4.78, 5) is 6.58. The van der Waals surface area contributed by atoms with Crippen LogP contribution in [0, 0.1) is 5.82 Å². The molecule has 3 aromatic rings. The van der Waals surface area contributed by atoms with Crippen molar-refractivity contribution in [1.29, 1.82) is 0 Å². The van der Waals surface area contributed by atoms with Gasteiger partial charge in [-0.15, -0.1) is 0 Å². The van der Waals surface area contributed by atoms with E-state index in [0.717, 1.165) is 28.1 Å². The molecule has 6 nitrogen and oxygen atoms in total. The molecule has 0 amide bonds. The quantitative estimate of drug-likeness (QED) is 0.602. The molecule has 1 aromatic heterocycles. The molecule has 30 heavy (non-hydrogen) atoms. The molecule has 0 fully saturated rings. The summed E-state index contributed by atoms with van der Waals surface area (Å²) in [6.07, 6.45) is 0. The Hall–Kier alpha value is -3.26. The summed E-state index contributed by atoms with van der Waals surface area (Å²) in [7, 11) is 1.61. The highest BCUT2D eigenvalue weighted by Crippen LogP contribution is 2.37. The first kappa shape index (κ1) is 20.0. The van der Waals surface area contributed by atoms with Crippen LogP contribution in [0.4, 0.5) is 4.39 Å². The van der Waals surface area contributed by atoms with Gasteiger partial charge in [0.2, 0.25) is 5.82 Å². The lowest BCUT2D eigenvalue weighted by Gasteiger charge is -2.36. The monoisotopic (exact) mass is 424 g/mol. The highest BCUT2D eigenvalue weighted by molar-refractivity contribution is 7.80. The average molecular weight is 425 g/mol. The fourth-order valence-corrected chi connectivity index (χ4v) is 3.95. The van der Waals surface area contributed by atoms with Crippen LogP contribution in [-0.4, -0.2) is 33.8 Å². The number of allylic oxidation sites excluding steroid dienone is 1. The van der Waals surface area contributed by atoms with Crippen LogP contribution in [0.15, 0.2) is 58.8 Å². The highest BCUT2D eigenvalue weighted by atomic mass is 32.1. The van der Waals surface area contributed by atoms with E-state index >= 15 is 0 Å². The third-order valence-electron chi connectivity index (χ3n) is 5.10. The van der Waals surface area contributed by atoms with Gasteiger partial charge in [-0.05, 0) is 68.0 Å². The molecular formula is C22H21FN4O2S. The standard InChI is InChI=1S/C22H21FN4O2S/c1-4-27-13(2)18(19(24-22(27)30)15-6-5-7-16(23)12-15)21-25-20(26-29-21)14-8-10-17(28-3)11-9-14/h5-12,19H,4H2,1-3H3,(H,24,30). The van der Waals surface area contributed by atoms with Crippen molar-refractivity contribution in [2.75, 3.05) is 13.7 Å². The number of thiocarbonyl (C=S) groups is 1. The molecule has 0 saturated carbocycles. The summed E-state index contributed by atoms with van der Waals surface area (Å²) in [5, 5.41) is 8.02. The van der Waals surface area contributed by atoms with Gasteiger partial charge in [0, 0.05) is 17.8 Å². The molecule has 1 aliphatic heterocycles. The molecule has 0 bridgehead atoms. The average Bonchev–Trinajstić information content (AvgIpc) is 3.23. The van der Waals surface area contributed by atoms with Crippen LogP contribution in [0.2, 0.25) is 0 Å². The topological polar surface area (TPSA) is 63.4 Å². The maximum Gasteiger partial charge on any atom is 0.258 e. The number of nitrogens with zero attached hydrogens (tertiary/aromatic N) is 3. The van der Waals surface area contributed by atoms with E-state index in [0.29, 0.717) is 23.4 Å². The van der Waals surface area contributed by atoms with Gasteiger partial charge in [0.1, 0.15) is 11.6 Å². The van der Waals surface area contributed by atoms with Crippen molar-refractivity contribution >= 4 is 22.9 Å². The van der Waals surface area contributed by atoms with Gasteiger partial charge in [-0.3, -0.25) is 0 Å². The zero-order chi connectivity index (χ0) is 21.3. The Kier molecular flexibility index (Phi) is 5.50. The molecule has 0 radical (unpaired) electrons. The van der Waals surface area contributed by atoms with Crippen LogP contribution < -0.4 is 10.1 Å². The zero-order valence-electron chi connectivity index (χ0n) is 16.8. The van der Waals surface area contributed by atoms with Gasteiger partial charge in [0.05, 0.1) is 18.7 Å². The summed E-state index contributed by atoms with van der Waals surface area (Å²) in [6, 6.07) is 13.4. The smallest absolute Gasteiger partial charge is 0.258 e. The summed E-state index contributed by atoms with van der Waals surface area (Å²) < 4.78 is 24.8. The molecule has 2 aromatic carbocycles. The number of rotatable bonds is 5. The molecule has 4 rings (SSSR count). The first-order valence-corrected chi connectivity index (χ1v) is 9.95. The molecule has 1 unspecified atom stereocenters. The zero-order valence-corrected chi connectivity index (χ0v) is 17.7. The minimum atomic E-state index is -0.403. The highest BCUT2D eigenvalue weighted by Gasteiger charge is 2.33. The predicted molar refractivity (Wildman–Crippen MR) is 116 cm³/mol. The van der Waals surface area contributed by atoms with Gasteiger partial charge >= 0.3 is 0 Å². The van der Waals surface area contributed by atoms with Crippen LogP contribution in [-0.2, 0) is 0 Å². The van der Waals surface area contributed by atoms with Crippen LogP contribution in [0.25, 0.3) is 17.0 Å². The SMILES string of the molecule is CCN1C(=S)NC(c2cccc(F)c2)C(c2nc(-c3ccc(OC)cc3)no2)=C1C. The maximum absolute atomic E-state index is 13.9. The van der Waals surface area contributed by atoms with Crippen LogP contribution in [0.1, 0.15) is 31.3 Å². The summed E-state index contributed by atoms with van der Waals surface area (Å²) in [5.74, 6) is 1.25. The van der Waals surface area contributed by atoms with E-state index < -0.39 is 6.04 Å². The molecule has 2 heterocycles. The largest absolute Gasteiger partial charge is 0.497 e. The van der Waals surface area contributed by atoms with Gasteiger partial charge in [0.15, 0.2) is 5.11 Å². The summed E-state index contributed by atoms with van der Waals surface area (Å²) in [6.45, 7) is 4.64. The number of halogens is 1. The van der Waals surface area contributed by atoms with Crippen molar-refractivity contribution in [3.63, 3.8) is 0 Å². The Morgan fingerprint density at radius 3 is 2.67 bits per heavy atom. The van der Waals surface area contributed by atoms with Gasteiger partial charge in [0.25, 0.3) is 5.89 Å². The van der Waals surface area contributed by atoms with Crippen molar-refractivity contribution in [3.8, 4) is 17.1 Å². The van der Waals surface area contributed by atoms with Gasteiger partial charge in [-0.1, -0.05) is 17.3 Å². The fraction of sp³-hybridized carbons (Fsp3) is 0.227. The van der Waals surface area contributed by atoms with Gasteiger partial charge < -0.3 is 19.5 Å². The molecule has 8 heteroatoms. The minimum absolute atomic E-state index is 0.320. The number of aromatic nitrogens is 2. The first-order chi connectivity index (χ1) is 14.5. The van der Waals surface area contributed by atoms with Crippen molar-refractivity contribution in [2.24, 2.45) is 0 Å². The second-order valence-electron chi connectivity index (χ2n) is 6.83. The third kappa shape index (κ3) is 3.66. The molecule has 0 spiro atoms. The van der Waals surface area contributed by atoms with Crippen molar-refractivity contribution < 1.29 is 13.7 Å². The molecule has 0 aliphatic carbocycles. The normalized spacial score (nSPS) is 16.6.